The summed E-state index contributed by atoms with van der Waals surface area (Å²) in [6.45, 7) is 1.16. The number of carbonyl (C=O) groups excluding carboxylic acids is 1. The van der Waals surface area contributed by atoms with E-state index in [2.05, 4.69) is 4.98 Å². The van der Waals surface area contributed by atoms with E-state index in [0.29, 0.717) is 23.9 Å². The molecule has 7 nitrogen and oxygen atoms in total. The van der Waals surface area contributed by atoms with Gasteiger partial charge >= 0.3 is 0 Å². The van der Waals surface area contributed by atoms with E-state index < -0.39 is 10.0 Å². The van der Waals surface area contributed by atoms with Gasteiger partial charge in [-0.05, 0) is 17.7 Å². The van der Waals surface area contributed by atoms with Crippen LogP contribution in [0.3, 0.4) is 0 Å². The van der Waals surface area contributed by atoms with Crippen LogP contribution >= 0.6 is 22.9 Å². The van der Waals surface area contributed by atoms with E-state index >= 15 is 0 Å². The van der Waals surface area contributed by atoms with Crippen LogP contribution in [0.1, 0.15) is 11.3 Å². The van der Waals surface area contributed by atoms with Gasteiger partial charge in [-0.25, -0.2) is 13.4 Å². The molecule has 0 radical (unpaired) electrons. The minimum absolute atomic E-state index is 0.187. The van der Waals surface area contributed by atoms with Gasteiger partial charge in [-0.1, -0.05) is 41.9 Å². The highest BCUT2D eigenvalue weighted by molar-refractivity contribution is 7.92. The number of halogens is 1. The van der Waals surface area contributed by atoms with Crippen molar-refractivity contribution in [3.63, 3.8) is 0 Å². The molecule has 0 atom stereocenters. The molecule has 156 valence electrons. The van der Waals surface area contributed by atoms with E-state index in [0.717, 1.165) is 10.5 Å². The van der Waals surface area contributed by atoms with Crippen LogP contribution in [0.2, 0.25) is 5.15 Å². The van der Waals surface area contributed by atoms with Crippen molar-refractivity contribution >= 4 is 56.0 Å². The molecule has 1 aliphatic heterocycles. The average molecular weight is 463 g/mol. The maximum atomic E-state index is 12.6. The number of imidazole rings is 1. The van der Waals surface area contributed by atoms with Crippen LogP contribution in [0.5, 0.6) is 0 Å². The molecule has 10 heteroatoms. The van der Waals surface area contributed by atoms with Crippen molar-refractivity contribution in [1.82, 2.24) is 18.6 Å². The molecule has 4 rings (SSSR count). The summed E-state index contributed by atoms with van der Waals surface area (Å²) in [6, 6.07) is 9.26. The third kappa shape index (κ3) is 4.49. The maximum absolute atomic E-state index is 12.6. The minimum Gasteiger partial charge on any atom is -0.337 e. The van der Waals surface area contributed by atoms with Gasteiger partial charge in [0.1, 0.15) is 0 Å². The second-order valence-electron chi connectivity index (χ2n) is 6.66. The van der Waals surface area contributed by atoms with Gasteiger partial charge in [-0.15, -0.1) is 11.3 Å². The lowest BCUT2D eigenvalue weighted by molar-refractivity contribution is -0.127. The first-order chi connectivity index (χ1) is 14.4. The molecule has 1 amide bonds. The van der Waals surface area contributed by atoms with Crippen LogP contribution in [-0.2, 0) is 14.8 Å². The molecule has 1 aromatic carbocycles. The Balaban J connectivity index is 1.37. The smallest absolute Gasteiger partial charge is 0.246 e. The van der Waals surface area contributed by atoms with Gasteiger partial charge < -0.3 is 4.90 Å². The summed E-state index contributed by atoms with van der Waals surface area (Å²) in [7, 11) is -3.53. The minimum atomic E-state index is -3.53. The number of sulfonamides is 1. The Kier molecular flexibility index (Phi) is 6.05. The molecule has 1 saturated heterocycles. The first-order valence-electron chi connectivity index (χ1n) is 9.25. The fraction of sp³-hybridized carbons (Fsp3) is 0.200. The molecule has 3 aromatic rings. The highest BCUT2D eigenvalue weighted by atomic mass is 35.5. The predicted molar refractivity (Wildman–Crippen MR) is 120 cm³/mol. The maximum Gasteiger partial charge on any atom is 0.246 e. The van der Waals surface area contributed by atoms with Crippen molar-refractivity contribution < 1.29 is 13.2 Å². The van der Waals surface area contributed by atoms with Gasteiger partial charge in [0.15, 0.2) is 10.1 Å². The summed E-state index contributed by atoms with van der Waals surface area (Å²) >= 11 is 7.60. The number of piperazine rings is 1. The zero-order valence-corrected chi connectivity index (χ0v) is 18.3. The second-order valence-corrected chi connectivity index (χ2v) is 9.71. The second kappa shape index (κ2) is 8.73. The summed E-state index contributed by atoms with van der Waals surface area (Å²) in [4.78, 5) is 19.2. The Morgan fingerprint density at radius 3 is 2.57 bits per heavy atom. The first-order valence-corrected chi connectivity index (χ1v) is 12.0. The Hall–Kier alpha value is -2.46. The summed E-state index contributed by atoms with van der Waals surface area (Å²) in [5.74, 6) is -0.187. The van der Waals surface area contributed by atoms with Crippen LogP contribution < -0.4 is 0 Å². The van der Waals surface area contributed by atoms with Crippen molar-refractivity contribution in [2.45, 2.75) is 0 Å². The predicted octanol–water partition coefficient (Wildman–Crippen LogP) is 3.21. The fourth-order valence-electron chi connectivity index (χ4n) is 3.16. The lowest BCUT2D eigenvalue weighted by Crippen LogP contribution is -2.49. The van der Waals surface area contributed by atoms with Crippen molar-refractivity contribution in [1.29, 1.82) is 0 Å². The Labute approximate surface area is 183 Å². The van der Waals surface area contributed by atoms with E-state index in [1.54, 1.807) is 17.1 Å². The number of hydrogen-bond acceptors (Lipinski definition) is 5. The number of benzene rings is 1. The summed E-state index contributed by atoms with van der Waals surface area (Å²) < 4.78 is 28.3. The Morgan fingerprint density at radius 1 is 1.10 bits per heavy atom. The molecule has 1 fully saturated rings. The van der Waals surface area contributed by atoms with E-state index in [1.165, 1.54) is 27.1 Å². The van der Waals surface area contributed by atoms with Crippen LogP contribution in [0.15, 0.2) is 53.4 Å². The SMILES string of the molecule is O=C(/C=C/c1c(Cl)nc2sccn12)N1CCN(S(=O)(=O)/C=C/c2ccccc2)CC1. The molecular formula is C20H19ClN4O3S2. The zero-order valence-electron chi connectivity index (χ0n) is 15.9. The van der Waals surface area contributed by atoms with Crippen molar-refractivity contribution in [3.8, 4) is 0 Å². The Bertz CT molecular complexity index is 1210. The molecule has 0 saturated carbocycles. The monoisotopic (exact) mass is 462 g/mol. The molecule has 3 heterocycles. The number of carbonyl (C=O) groups is 1. The zero-order chi connectivity index (χ0) is 21.1. The lowest BCUT2D eigenvalue weighted by Gasteiger charge is -2.32. The molecule has 1 aliphatic rings. The Morgan fingerprint density at radius 2 is 1.83 bits per heavy atom. The van der Waals surface area contributed by atoms with E-state index in [1.807, 2.05) is 46.3 Å². The molecular weight excluding hydrogens is 444 g/mol. The molecule has 0 unspecified atom stereocenters. The molecule has 2 aromatic heterocycles. The number of thiazole rings is 1. The molecule has 0 aliphatic carbocycles. The molecule has 30 heavy (non-hydrogen) atoms. The van der Waals surface area contributed by atoms with Crippen LogP contribution in [-0.4, -0.2) is 59.1 Å². The molecule has 0 bridgehead atoms. The normalized spacial score (nSPS) is 16.2. The highest BCUT2D eigenvalue weighted by Crippen LogP contribution is 2.22. The fourth-order valence-corrected chi connectivity index (χ4v) is 5.34. The van der Waals surface area contributed by atoms with Gasteiger partial charge in [0.25, 0.3) is 0 Å². The van der Waals surface area contributed by atoms with Gasteiger partial charge in [0.05, 0.1) is 5.69 Å². The lowest BCUT2D eigenvalue weighted by atomic mass is 10.2. The molecule has 0 N–H and O–H groups in total. The van der Waals surface area contributed by atoms with Crippen LogP contribution in [0, 0.1) is 0 Å². The largest absolute Gasteiger partial charge is 0.337 e. The van der Waals surface area contributed by atoms with Crippen LogP contribution in [0.25, 0.3) is 17.1 Å². The van der Waals surface area contributed by atoms with E-state index in [-0.39, 0.29) is 19.0 Å². The van der Waals surface area contributed by atoms with E-state index in [4.69, 9.17) is 11.6 Å². The number of aromatic nitrogens is 2. The topological polar surface area (TPSA) is 75.0 Å². The number of fused-ring (bicyclic) bond motifs is 1. The molecule has 0 spiro atoms. The number of amides is 1. The quantitative estimate of drug-likeness (QED) is 0.546. The number of nitrogens with zero attached hydrogens (tertiary/aromatic N) is 4. The third-order valence-electron chi connectivity index (χ3n) is 4.78. The highest BCUT2D eigenvalue weighted by Gasteiger charge is 2.26. The van der Waals surface area contributed by atoms with Gasteiger partial charge in [0, 0.05) is 49.2 Å². The third-order valence-corrected chi connectivity index (χ3v) is 7.38. The van der Waals surface area contributed by atoms with Crippen LogP contribution in [0.4, 0.5) is 0 Å². The summed E-state index contributed by atoms with van der Waals surface area (Å²) in [5.41, 5.74) is 1.46. The van der Waals surface area contributed by atoms with Gasteiger partial charge in [-0.3, -0.25) is 9.20 Å². The van der Waals surface area contributed by atoms with Crippen molar-refractivity contribution in [3.05, 3.63) is 69.8 Å². The number of rotatable bonds is 5. The standard InChI is InChI=1S/C20H19ClN4O3S2/c21-19-17(25-13-14-29-20(25)22-19)6-7-18(26)23-9-11-24(12-10-23)30(27,28)15-8-16-4-2-1-3-5-16/h1-8,13-15H,9-12H2/b7-6+,15-8+. The first kappa shape index (κ1) is 20.8. The van der Waals surface area contributed by atoms with Crippen molar-refractivity contribution in [2.24, 2.45) is 0 Å². The van der Waals surface area contributed by atoms with Gasteiger partial charge in [-0.2, -0.15) is 4.31 Å². The average Bonchev–Trinajstić information content (AvgIpc) is 3.32. The van der Waals surface area contributed by atoms with Gasteiger partial charge in [0.2, 0.25) is 15.9 Å². The van der Waals surface area contributed by atoms with E-state index in [9.17, 15) is 13.2 Å². The summed E-state index contributed by atoms with van der Waals surface area (Å²) in [6.07, 6.45) is 6.52. The summed E-state index contributed by atoms with van der Waals surface area (Å²) in [5, 5.41) is 3.45. The van der Waals surface area contributed by atoms with Crippen molar-refractivity contribution in [2.75, 3.05) is 26.2 Å². The number of hydrogen-bond donors (Lipinski definition) is 0.